The largest absolute Gasteiger partial charge is 0.504 e. The monoisotopic (exact) mass is 501 g/mol. The second-order valence-corrected chi connectivity index (χ2v) is 8.68. The fourth-order valence-corrected chi connectivity index (χ4v) is 4.07. The van der Waals surface area contributed by atoms with Gasteiger partial charge in [-0.2, -0.15) is 23.7 Å². The van der Waals surface area contributed by atoms with Gasteiger partial charge in [-0.25, -0.2) is 12.9 Å². The number of aliphatic hydroxyl groups is 2. The lowest BCUT2D eigenvalue weighted by Crippen LogP contribution is -2.37. The molecule has 1 fully saturated rings. The highest BCUT2D eigenvalue weighted by Gasteiger charge is 2.38. The summed E-state index contributed by atoms with van der Waals surface area (Å²) in [5, 5.41) is 45.1. The van der Waals surface area contributed by atoms with Gasteiger partial charge in [0.15, 0.2) is 18.1 Å². The molecule has 1 aliphatic heterocycles. The van der Waals surface area contributed by atoms with Crippen molar-refractivity contribution < 1.29 is 41.8 Å². The molecule has 13 heteroatoms. The first-order valence-corrected chi connectivity index (χ1v) is 10.6. The number of β-amino-alcohol motifs (C(OH)–C–C–N with tert-alkyl or cyclic N) is 1. The van der Waals surface area contributed by atoms with Gasteiger partial charge in [0, 0.05) is 25.2 Å². The summed E-state index contributed by atoms with van der Waals surface area (Å²) in [6, 6.07) is 11.1. The highest BCUT2D eigenvalue weighted by molar-refractivity contribution is 7.82. The molecule has 2 aromatic carbocycles. The van der Waals surface area contributed by atoms with Gasteiger partial charge in [0.25, 0.3) is 0 Å². The van der Waals surface area contributed by atoms with Gasteiger partial charge in [0.05, 0.1) is 28.7 Å². The van der Waals surface area contributed by atoms with Crippen LogP contribution in [0, 0.1) is 28.5 Å². The number of aliphatic hydroxyl groups excluding tert-OH is 1. The standard InChI is InChI=1S/C12H14N2O3S.C9H5F4NO2/c13-7-10-1-3-11(4-2-10)18(17)14-6-5-12(16,8-14)9-15;10-6-2-7(15)8(1-5(6)3-14)16-4-9(11,12)13/h1-4,15-16H,5-6,8-9H2;1-2,15H,4H2. The highest BCUT2D eigenvalue weighted by Crippen LogP contribution is 2.30. The van der Waals surface area contributed by atoms with Gasteiger partial charge < -0.3 is 20.1 Å². The number of rotatable bonds is 5. The maximum Gasteiger partial charge on any atom is 0.422 e. The van der Waals surface area contributed by atoms with E-state index in [0.717, 1.165) is 0 Å². The number of hydrogen-bond donors (Lipinski definition) is 3. The summed E-state index contributed by atoms with van der Waals surface area (Å²) in [6.07, 6.45) is -4.17. The quantitative estimate of drug-likeness (QED) is 0.535. The van der Waals surface area contributed by atoms with Crippen molar-refractivity contribution in [2.45, 2.75) is 23.1 Å². The van der Waals surface area contributed by atoms with E-state index < -0.39 is 52.2 Å². The summed E-state index contributed by atoms with van der Waals surface area (Å²) in [7, 11) is -1.36. The fourth-order valence-electron chi connectivity index (χ4n) is 2.79. The van der Waals surface area contributed by atoms with Crippen LogP contribution in [0.25, 0.3) is 0 Å². The normalized spacial score (nSPS) is 18.8. The second-order valence-electron chi connectivity index (χ2n) is 7.20. The molecule has 0 radical (unpaired) electrons. The smallest absolute Gasteiger partial charge is 0.422 e. The van der Waals surface area contributed by atoms with Crippen molar-refractivity contribution in [1.29, 1.82) is 10.5 Å². The molecule has 2 atom stereocenters. The number of nitrogens with zero attached hydrogens (tertiary/aromatic N) is 3. The predicted molar refractivity (Wildman–Crippen MR) is 110 cm³/mol. The number of benzene rings is 2. The number of hydrogen-bond acceptors (Lipinski definition) is 7. The van der Waals surface area contributed by atoms with E-state index >= 15 is 0 Å². The summed E-state index contributed by atoms with van der Waals surface area (Å²) in [6.45, 7) is -1.29. The number of alkyl halides is 3. The number of phenols is 1. The Morgan fingerprint density at radius 2 is 1.82 bits per heavy atom. The number of aromatic hydroxyl groups is 1. The first kappa shape index (κ1) is 27.0. The van der Waals surface area contributed by atoms with Crippen molar-refractivity contribution in [2.24, 2.45) is 0 Å². The van der Waals surface area contributed by atoms with E-state index in [1.165, 1.54) is 6.07 Å². The zero-order valence-corrected chi connectivity index (χ0v) is 18.2. The van der Waals surface area contributed by atoms with Crippen LogP contribution in [0.1, 0.15) is 17.5 Å². The lowest BCUT2D eigenvalue weighted by Gasteiger charge is -2.20. The Hall–Kier alpha value is -3.23. The third-order valence-electron chi connectivity index (χ3n) is 4.57. The third-order valence-corrected chi connectivity index (χ3v) is 6.03. The van der Waals surface area contributed by atoms with Crippen LogP contribution in [0.15, 0.2) is 41.3 Å². The van der Waals surface area contributed by atoms with Crippen LogP contribution in [0.4, 0.5) is 17.6 Å². The molecule has 8 nitrogen and oxygen atoms in total. The van der Waals surface area contributed by atoms with Crippen molar-refractivity contribution in [2.75, 3.05) is 26.3 Å². The SMILES string of the molecule is N#Cc1cc(OCC(F)(F)F)c(O)cc1F.N#Cc1ccc(S(=O)N2CCC(O)(CO)C2)cc1. The molecular formula is C21H19F4N3O5S. The molecule has 0 bridgehead atoms. The minimum atomic E-state index is -4.58. The van der Waals surface area contributed by atoms with Crippen molar-refractivity contribution in [3.05, 3.63) is 53.3 Å². The molecule has 2 unspecified atom stereocenters. The predicted octanol–water partition coefficient (Wildman–Crippen LogP) is 2.35. The van der Waals surface area contributed by atoms with E-state index in [2.05, 4.69) is 4.74 Å². The Morgan fingerprint density at radius 3 is 2.32 bits per heavy atom. The lowest BCUT2D eigenvalue weighted by molar-refractivity contribution is -0.153. The Balaban J connectivity index is 0.000000242. The average Bonchev–Trinajstić information content (AvgIpc) is 3.20. The lowest BCUT2D eigenvalue weighted by atomic mass is 10.1. The van der Waals surface area contributed by atoms with Gasteiger partial charge in [0.2, 0.25) is 0 Å². The van der Waals surface area contributed by atoms with Crippen molar-refractivity contribution in [3.63, 3.8) is 0 Å². The molecule has 0 saturated carbocycles. The molecule has 34 heavy (non-hydrogen) atoms. The first-order chi connectivity index (χ1) is 15.9. The van der Waals surface area contributed by atoms with Crippen LogP contribution in [-0.4, -0.2) is 61.9 Å². The summed E-state index contributed by atoms with van der Waals surface area (Å²) in [4.78, 5) is 0.594. The molecule has 2 aromatic rings. The summed E-state index contributed by atoms with van der Waals surface area (Å²) >= 11 is 0. The van der Waals surface area contributed by atoms with Gasteiger partial charge in [-0.1, -0.05) is 0 Å². The molecule has 0 spiro atoms. The maximum absolute atomic E-state index is 12.8. The number of nitriles is 2. The van der Waals surface area contributed by atoms with Crippen LogP contribution in [0.3, 0.4) is 0 Å². The molecule has 0 aromatic heterocycles. The first-order valence-electron chi connectivity index (χ1n) is 9.54. The zero-order chi connectivity index (χ0) is 25.5. The van der Waals surface area contributed by atoms with E-state index in [4.69, 9.17) is 20.7 Å². The molecule has 182 valence electrons. The zero-order valence-electron chi connectivity index (χ0n) is 17.4. The molecular weight excluding hydrogens is 482 g/mol. The van der Waals surface area contributed by atoms with Crippen LogP contribution in [0.2, 0.25) is 0 Å². The van der Waals surface area contributed by atoms with E-state index in [-0.39, 0.29) is 13.2 Å². The number of halogens is 4. The van der Waals surface area contributed by atoms with Crippen LogP contribution in [-0.2, 0) is 11.0 Å². The molecule has 3 N–H and O–H groups in total. The highest BCUT2D eigenvalue weighted by atomic mass is 32.2. The Bertz CT molecular complexity index is 1120. The topological polar surface area (TPSA) is 138 Å². The van der Waals surface area contributed by atoms with E-state index in [0.29, 0.717) is 35.6 Å². The van der Waals surface area contributed by atoms with Gasteiger partial charge >= 0.3 is 6.18 Å². The Kier molecular flexibility index (Phi) is 8.95. The second kappa shape index (κ2) is 11.3. The number of phenolic OH excluding ortho intramolecular Hbond substituents is 1. The van der Waals surface area contributed by atoms with Gasteiger partial charge in [0.1, 0.15) is 28.5 Å². The Morgan fingerprint density at radius 1 is 1.18 bits per heavy atom. The van der Waals surface area contributed by atoms with E-state index in [1.807, 2.05) is 6.07 Å². The van der Waals surface area contributed by atoms with E-state index in [1.54, 1.807) is 28.6 Å². The van der Waals surface area contributed by atoms with Crippen molar-refractivity contribution >= 4 is 11.0 Å². The number of ether oxygens (including phenoxy) is 1. The molecule has 1 heterocycles. The summed E-state index contributed by atoms with van der Waals surface area (Å²) in [5.41, 5.74) is -1.14. The molecule has 1 aliphatic rings. The average molecular weight is 501 g/mol. The van der Waals surface area contributed by atoms with E-state index in [9.17, 15) is 26.9 Å². The van der Waals surface area contributed by atoms with Gasteiger partial charge in [-0.3, -0.25) is 0 Å². The van der Waals surface area contributed by atoms with Gasteiger partial charge in [-0.15, -0.1) is 0 Å². The minimum absolute atomic E-state index is 0.191. The van der Waals surface area contributed by atoms with Crippen LogP contribution < -0.4 is 4.74 Å². The minimum Gasteiger partial charge on any atom is -0.504 e. The third kappa shape index (κ3) is 7.40. The summed E-state index contributed by atoms with van der Waals surface area (Å²) < 4.78 is 66.3. The molecule has 0 aliphatic carbocycles. The maximum atomic E-state index is 12.8. The fraction of sp³-hybridized carbons (Fsp3) is 0.333. The van der Waals surface area contributed by atoms with Crippen LogP contribution >= 0.6 is 0 Å². The molecule has 3 rings (SSSR count). The Labute approximate surface area is 194 Å². The summed E-state index contributed by atoms with van der Waals surface area (Å²) in [5.74, 6) is -2.41. The van der Waals surface area contributed by atoms with Crippen molar-refractivity contribution in [1.82, 2.24) is 4.31 Å². The van der Waals surface area contributed by atoms with Gasteiger partial charge in [-0.05, 0) is 30.7 Å². The molecule has 1 saturated heterocycles. The van der Waals surface area contributed by atoms with Crippen LogP contribution in [0.5, 0.6) is 11.5 Å². The molecule has 0 amide bonds. The van der Waals surface area contributed by atoms with Crippen molar-refractivity contribution in [3.8, 4) is 23.6 Å².